The maximum atomic E-state index is 13.2. The van der Waals surface area contributed by atoms with Gasteiger partial charge in [0.2, 0.25) is 0 Å². The van der Waals surface area contributed by atoms with E-state index in [9.17, 15) is 14.5 Å². The highest BCUT2D eigenvalue weighted by Gasteiger charge is 2.26. The van der Waals surface area contributed by atoms with Gasteiger partial charge in [0, 0.05) is 24.2 Å². The first-order chi connectivity index (χ1) is 9.37. The van der Waals surface area contributed by atoms with E-state index in [0.717, 1.165) is 31.7 Å². The lowest BCUT2D eigenvalue weighted by Crippen LogP contribution is -2.35. The molecule has 2 rings (SSSR count). The van der Waals surface area contributed by atoms with Crippen LogP contribution in [-0.4, -0.2) is 11.0 Å². The van der Waals surface area contributed by atoms with Crippen LogP contribution >= 0.6 is 0 Å². The first-order valence-electron chi connectivity index (χ1n) is 7.04. The van der Waals surface area contributed by atoms with E-state index < -0.39 is 10.7 Å². The number of rotatable bonds is 4. The van der Waals surface area contributed by atoms with E-state index in [1.54, 1.807) is 0 Å². The summed E-state index contributed by atoms with van der Waals surface area (Å²) in [5.74, 6) is -0.433. The molecule has 1 aliphatic carbocycles. The Balaban J connectivity index is 1.97. The third-order valence-corrected chi connectivity index (χ3v) is 4.16. The van der Waals surface area contributed by atoms with Gasteiger partial charge in [-0.05, 0) is 43.2 Å². The van der Waals surface area contributed by atoms with Crippen LogP contribution in [0.1, 0.15) is 45.1 Å². The van der Waals surface area contributed by atoms with Crippen LogP contribution in [0.5, 0.6) is 0 Å². The molecule has 4 nitrogen and oxygen atoms in total. The van der Waals surface area contributed by atoms with Crippen molar-refractivity contribution in [1.82, 2.24) is 5.32 Å². The van der Waals surface area contributed by atoms with Gasteiger partial charge in [-0.2, -0.15) is 0 Å². The Hall–Kier alpha value is -1.49. The monoisotopic (exact) mass is 280 g/mol. The molecule has 1 saturated carbocycles. The summed E-state index contributed by atoms with van der Waals surface area (Å²) in [5.41, 5.74) is 0.790. The minimum atomic E-state index is -0.458. The summed E-state index contributed by atoms with van der Waals surface area (Å²) >= 11 is 0. The summed E-state index contributed by atoms with van der Waals surface area (Å²) in [6.45, 7) is 4.88. The largest absolute Gasteiger partial charge is 0.310 e. The summed E-state index contributed by atoms with van der Waals surface area (Å²) in [6, 6.07) is 3.98. The quantitative estimate of drug-likeness (QED) is 0.674. The van der Waals surface area contributed by atoms with E-state index in [1.165, 1.54) is 12.1 Å². The SMILES string of the molecule is CC1(C)CCC(NCc2cc(F)ccc2[N+](=O)[O-])CC1. The van der Waals surface area contributed by atoms with Gasteiger partial charge in [-0.15, -0.1) is 0 Å². The molecule has 0 aliphatic heterocycles. The Labute approximate surface area is 118 Å². The molecule has 1 aliphatic rings. The van der Waals surface area contributed by atoms with Crippen LogP contribution in [-0.2, 0) is 6.54 Å². The Morgan fingerprint density at radius 3 is 2.65 bits per heavy atom. The highest BCUT2D eigenvalue weighted by atomic mass is 19.1. The van der Waals surface area contributed by atoms with E-state index in [0.29, 0.717) is 23.6 Å². The van der Waals surface area contributed by atoms with Crippen LogP contribution < -0.4 is 5.32 Å². The molecule has 0 unspecified atom stereocenters. The minimum absolute atomic E-state index is 0.0185. The van der Waals surface area contributed by atoms with Crippen LogP contribution in [0.2, 0.25) is 0 Å². The lowest BCUT2D eigenvalue weighted by molar-refractivity contribution is -0.385. The van der Waals surface area contributed by atoms with E-state index in [1.807, 2.05) is 0 Å². The van der Waals surface area contributed by atoms with Crippen molar-refractivity contribution in [2.24, 2.45) is 5.41 Å². The molecule has 1 aromatic carbocycles. The minimum Gasteiger partial charge on any atom is -0.310 e. The van der Waals surface area contributed by atoms with Gasteiger partial charge in [-0.25, -0.2) is 4.39 Å². The van der Waals surface area contributed by atoms with Gasteiger partial charge in [-0.1, -0.05) is 13.8 Å². The van der Waals surface area contributed by atoms with Gasteiger partial charge < -0.3 is 5.32 Å². The summed E-state index contributed by atoms with van der Waals surface area (Å²) in [4.78, 5) is 10.5. The predicted octanol–water partition coefficient (Wildman–Crippen LogP) is 3.79. The van der Waals surface area contributed by atoms with Crippen molar-refractivity contribution in [1.29, 1.82) is 0 Å². The number of hydrogen-bond acceptors (Lipinski definition) is 3. The number of nitrogens with zero attached hydrogens (tertiary/aromatic N) is 1. The van der Waals surface area contributed by atoms with Gasteiger partial charge in [0.25, 0.3) is 5.69 Å². The summed E-state index contributed by atoms with van der Waals surface area (Å²) in [6.07, 6.45) is 4.43. The molecule has 0 saturated heterocycles. The fourth-order valence-corrected chi connectivity index (χ4v) is 2.73. The summed E-state index contributed by atoms with van der Waals surface area (Å²) in [5, 5.41) is 14.3. The van der Waals surface area contributed by atoms with Gasteiger partial charge in [0.15, 0.2) is 0 Å². The fraction of sp³-hybridized carbons (Fsp3) is 0.600. The zero-order chi connectivity index (χ0) is 14.8. The van der Waals surface area contributed by atoms with Crippen molar-refractivity contribution >= 4 is 5.69 Å². The van der Waals surface area contributed by atoms with E-state index in [4.69, 9.17) is 0 Å². The summed E-state index contributed by atoms with van der Waals surface area (Å²) in [7, 11) is 0. The molecule has 5 heteroatoms. The van der Waals surface area contributed by atoms with Gasteiger partial charge in [0.05, 0.1) is 4.92 Å². The fourth-order valence-electron chi connectivity index (χ4n) is 2.73. The van der Waals surface area contributed by atoms with E-state index >= 15 is 0 Å². The average molecular weight is 280 g/mol. The van der Waals surface area contributed by atoms with Crippen LogP contribution in [0.25, 0.3) is 0 Å². The number of nitro groups is 1. The normalized spacial score (nSPS) is 18.9. The van der Waals surface area contributed by atoms with E-state index in [-0.39, 0.29) is 5.69 Å². The van der Waals surface area contributed by atoms with Crippen LogP contribution in [0, 0.1) is 21.3 Å². The number of nitro benzene ring substituents is 1. The molecule has 1 aromatic rings. The third-order valence-electron chi connectivity index (χ3n) is 4.16. The predicted molar refractivity (Wildman–Crippen MR) is 75.9 cm³/mol. The van der Waals surface area contributed by atoms with Crippen molar-refractivity contribution in [3.05, 3.63) is 39.7 Å². The lowest BCUT2D eigenvalue weighted by Gasteiger charge is -2.34. The second-order valence-corrected chi connectivity index (χ2v) is 6.35. The first-order valence-corrected chi connectivity index (χ1v) is 7.04. The standard InChI is InChI=1S/C15H21FN2O2/c1-15(2)7-5-13(6-8-15)17-10-11-9-12(16)3-4-14(11)18(19)20/h3-4,9,13,17H,5-8,10H2,1-2H3. The Morgan fingerprint density at radius 2 is 2.05 bits per heavy atom. The molecule has 0 radical (unpaired) electrons. The van der Waals surface area contributed by atoms with Gasteiger partial charge >= 0.3 is 0 Å². The van der Waals surface area contributed by atoms with Crippen LogP contribution in [0.15, 0.2) is 18.2 Å². The second kappa shape index (κ2) is 5.87. The smallest absolute Gasteiger partial charge is 0.274 e. The molecule has 0 aromatic heterocycles. The molecule has 0 heterocycles. The third kappa shape index (κ3) is 3.76. The Morgan fingerprint density at radius 1 is 1.40 bits per heavy atom. The van der Waals surface area contributed by atoms with Crippen molar-refractivity contribution in [2.75, 3.05) is 0 Å². The average Bonchev–Trinajstić information content (AvgIpc) is 2.37. The molecule has 1 N–H and O–H groups in total. The highest BCUT2D eigenvalue weighted by Crippen LogP contribution is 2.35. The molecular weight excluding hydrogens is 259 g/mol. The van der Waals surface area contributed by atoms with Crippen molar-refractivity contribution in [2.45, 2.75) is 52.1 Å². The van der Waals surface area contributed by atoms with Gasteiger partial charge in [-0.3, -0.25) is 10.1 Å². The van der Waals surface area contributed by atoms with Crippen LogP contribution in [0.3, 0.4) is 0 Å². The number of nitrogens with one attached hydrogen (secondary N) is 1. The zero-order valence-electron chi connectivity index (χ0n) is 12.0. The maximum absolute atomic E-state index is 13.2. The molecule has 0 bridgehead atoms. The Bertz CT molecular complexity index is 493. The molecule has 0 amide bonds. The summed E-state index contributed by atoms with van der Waals surface area (Å²) < 4.78 is 13.2. The second-order valence-electron chi connectivity index (χ2n) is 6.35. The van der Waals surface area contributed by atoms with E-state index in [2.05, 4.69) is 19.2 Å². The molecule has 110 valence electrons. The Kier molecular flexibility index (Phi) is 4.38. The lowest BCUT2D eigenvalue weighted by atomic mass is 9.75. The van der Waals surface area contributed by atoms with Crippen molar-refractivity contribution < 1.29 is 9.31 Å². The highest BCUT2D eigenvalue weighted by molar-refractivity contribution is 5.40. The topological polar surface area (TPSA) is 55.2 Å². The first kappa shape index (κ1) is 14.9. The molecule has 0 spiro atoms. The van der Waals surface area contributed by atoms with Gasteiger partial charge in [0.1, 0.15) is 5.82 Å². The zero-order valence-corrected chi connectivity index (χ0v) is 12.0. The number of benzene rings is 1. The molecule has 0 atom stereocenters. The number of hydrogen-bond donors (Lipinski definition) is 1. The molecular formula is C15H21FN2O2. The maximum Gasteiger partial charge on any atom is 0.274 e. The number of halogens is 1. The van der Waals surface area contributed by atoms with Crippen molar-refractivity contribution in [3.8, 4) is 0 Å². The van der Waals surface area contributed by atoms with Crippen LogP contribution in [0.4, 0.5) is 10.1 Å². The van der Waals surface area contributed by atoms with Crippen molar-refractivity contribution in [3.63, 3.8) is 0 Å². The molecule has 20 heavy (non-hydrogen) atoms. The molecule has 1 fully saturated rings.